The van der Waals surface area contributed by atoms with Crippen LogP contribution in [0.15, 0.2) is 30.5 Å². The van der Waals surface area contributed by atoms with Gasteiger partial charge in [0.25, 0.3) is 5.91 Å². The molecule has 0 fully saturated rings. The highest BCUT2D eigenvalue weighted by atomic mass is 35.5. The topological polar surface area (TPSA) is 69.7 Å². The second-order valence-electron chi connectivity index (χ2n) is 4.24. The summed E-state index contributed by atoms with van der Waals surface area (Å²) in [6, 6.07) is 6.33. The molecule has 0 unspecified atom stereocenters. The minimum atomic E-state index is -0.332. The molecule has 116 valence electrons. The second kappa shape index (κ2) is 7.00. The normalized spacial score (nSPS) is 10.0. The first-order chi connectivity index (χ1) is 10.6. The van der Waals surface area contributed by atoms with E-state index in [9.17, 15) is 4.79 Å². The van der Waals surface area contributed by atoms with Gasteiger partial charge in [0.1, 0.15) is 5.15 Å². The van der Waals surface area contributed by atoms with Crippen LogP contribution in [0.3, 0.4) is 0 Å². The quantitative estimate of drug-likeness (QED) is 0.857. The number of ether oxygens (including phenoxy) is 3. The number of rotatable bonds is 5. The average Bonchev–Trinajstić information content (AvgIpc) is 2.53. The first-order valence-corrected chi connectivity index (χ1v) is 6.69. The summed E-state index contributed by atoms with van der Waals surface area (Å²) in [6.45, 7) is 0. The van der Waals surface area contributed by atoms with Crippen LogP contribution in [0.2, 0.25) is 5.15 Å². The van der Waals surface area contributed by atoms with Gasteiger partial charge < -0.3 is 19.5 Å². The molecule has 1 aromatic heterocycles. The lowest BCUT2D eigenvalue weighted by Crippen LogP contribution is -2.12. The van der Waals surface area contributed by atoms with Crippen LogP contribution in [0.4, 0.5) is 5.69 Å². The number of methoxy groups -OCH3 is 3. The first-order valence-electron chi connectivity index (χ1n) is 6.32. The summed E-state index contributed by atoms with van der Waals surface area (Å²) in [5, 5.41) is 3.02. The highest BCUT2D eigenvalue weighted by Gasteiger charge is 2.17. The zero-order valence-electron chi connectivity index (χ0n) is 12.3. The van der Waals surface area contributed by atoms with Crippen molar-refractivity contribution in [3.8, 4) is 17.2 Å². The molecule has 6 nitrogen and oxygen atoms in total. The van der Waals surface area contributed by atoms with E-state index in [1.54, 1.807) is 24.3 Å². The molecular weight excluding hydrogens is 308 g/mol. The van der Waals surface area contributed by atoms with E-state index in [0.29, 0.717) is 33.7 Å². The Labute approximate surface area is 133 Å². The summed E-state index contributed by atoms with van der Waals surface area (Å²) in [4.78, 5) is 16.2. The third-order valence-electron chi connectivity index (χ3n) is 2.91. The van der Waals surface area contributed by atoms with Gasteiger partial charge in [-0.25, -0.2) is 4.98 Å². The Kier molecular flexibility index (Phi) is 5.06. The molecule has 2 rings (SSSR count). The number of hydrogen-bond acceptors (Lipinski definition) is 5. The van der Waals surface area contributed by atoms with Gasteiger partial charge in [0.2, 0.25) is 5.75 Å². The lowest BCUT2D eigenvalue weighted by atomic mass is 10.1. The lowest BCUT2D eigenvalue weighted by Gasteiger charge is -2.14. The Morgan fingerprint density at radius 2 is 1.73 bits per heavy atom. The molecule has 0 aliphatic heterocycles. The predicted molar refractivity (Wildman–Crippen MR) is 83.3 cm³/mol. The summed E-state index contributed by atoms with van der Waals surface area (Å²) in [7, 11) is 4.47. The van der Waals surface area contributed by atoms with Crippen molar-refractivity contribution in [2.75, 3.05) is 26.6 Å². The molecule has 0 atom stereocenters. The van der Waals surface area contributed by atoms with Crippen LogP contribution >= 0.6 is 11.6 Å². The maximum Gasteiger partial charge on any atom is 0.255 e. The van der Waals surface area contributed by atoms with E-state index in [1.807, 2.05) is 0 Å². The molecule has 1 N–H and O–H groups in total. The van der Waals surface area contributed by atoms with Crippen molar-refractivity contribution in [1.29, 1.82) is 0 Å². The number of pyridine rings is 1. The summed E-state index contributed by atoms with van der Waals surface area (Å²) in [6.07, 6.45) is 1.51. The minimum Gasteiger partial charge on any atom is -0.493 e. The first kappa shape index (κ1) is 15.9. The predicted octanol–water partition coefficient (Wildman–Crippen LogP) is 3.01. The molecule has 1 amide bonds. The molecular formula is C15H15ClN2O4. The van der Waals surface area contributed by atoms with Gasteiger partial charge in [-0.15, -0.1) is 0 Å². The van der Waals surface area contributed by atoms with E-state index >= 15 is 0 Å². The van der Waals surface area contributed by atoms with Crippen molar-refractivity contribution in [3.05, 3.63) is 41.2 Å². The maximum absolute atomic E-state index is 12.3. The van der Waals surface area contributed by atoms with E-state index in [-0.39, 0.29) is 5.91 Å². The van der Waals surface area contributed by atoms with Crippen molar-refractivity contribution in [3.63, 3.8) is 0 Å². The fourth-order valence-corrected chi connectivity index (χ4v) is 2.07. The molecule has 1 aromatic carbocycles. The van der Waals surface area contributed by atoms with Crippen LogP contribution in [-0.4, -0.2) is 32.2 Å². The second-order valence-corrected chi connectivity index (χ2v) is 4.62. The largest absolute Gasteiger partial charge is 0.493 e. The van der Waals surface area contributed by atoms with E-state index in [2.05, 4.69) is 10.3 Å². The van der Waals surface area contributed by atoms with Crippen LogP contribution in [0.1, 0.15) is 10.4 Å². The van der Waals surface area contributed by atoms with Crippen molar-refractivity contribution >= 4 is 23.2 Å². The molecule has 0 saturated heterocycles. The summed E-state index contributed by atoms with van der Waals surface area (Å²) in [5.74, 6) is 0.898. The fourth-order valence-electron chi connectivity index (χ4n) is 1.90. The van der Waals surface area contributed by atoms with Crippen molar-refractivity contribution in [2.24, 2.45) is 0 Å². The van der Waals surface area contributed by atoms with Crippen molar-refractivity contribution in [2.45, 2.75) is 0 Å². The minimum absolute atomic E-state index is 0.294. The van der Waals surface area contributed by atoms with Crippen LogP contribution in [0, 0.1) is 0 Å². The highest BCUT2D eigenvalue weighted by molar-refractivity contribution is 6.29. The van der Waals surface area contributed by atoms with Crippen LogP contribution in [0.5, 0.6) is 17.2 Å². The number of amides is 1. The summed E-state index contributed by atoms with van der Waals surface area (Å²) < 4.78 is 15.7. The van der Waals surface area contributed by atoms with E-state index in [1.165, 1.54) is 27.5 Å². The Morgan fingerprint density at radius 1 is 1.09 bits per heavy atom. The van der Waals surface area contributed by atoms with Crippen LogP contribution in [0.25, 0.3) is 0 Å². The maximum atomic E-state index is 12.3. The molecule has 0 spiro atoms. The smallest absolute Gasteiger partial charge is 0.255 e. The SMILES string of the molecule is COc1cc(C(=O)Nc2ccnc(Cl)c2)cc(OC)c1OC. The van der Waals surface area contributed by atoms with E-state index in [4.69, 9.17) is 25.8 Å². The number of carbonyl (C=O) groups excluding carboxylic acids is 1. The Bertz CT molecular complexity index is 666. The number of halogens is 1. The lowest BCUT2D eigenvalue weighted by molar-refractivity contribution is 0.102. The van der Waals surface area contributed by atoms with E-state index < -0.39 is 0 Å². The number of anilines is 1. The molecule has 22 heavy (non-hydrogen) atoms. The highest BCUT2D eigenvalue weighted by Crippen LogP contribution is 2.38. The van der Waals surface area contributed by atoms with Gasteiger partial charge in [-0.1, -0.05) is 11.6 Å². The number of nitrogens with zero attached hydrogens (tertiary/aromatic N) is 1. The van der Waals surface area contributed by atoms with Gasteiger partial charge in [0.05, 0.1) is 21.3 Å². The van der Waals surface area contributed by atoms with Gasteiger partial charge >= 0.3 is 0 Å². The molecule has 0 saturated carbocycles. The number of aromatic nitrogens is 1. The Hall–Kier alpha value is -2.47. The molecule has 2 aromatic rings. The monoisotopic (exact) mass is 322 g/mol. The molecule has 0 bridgehead atoms. The molecule has 0 radical (unpaired) electrons. The summed E-state index contributed by atoms with van der Waals surface area (Å²) >= 11 is 5.79. The van der Waals surface area contributed by atoms with Gasteiger partial charge in [-0.3, -0.25) is 4.79 Å². The third-order valence-corrected chi connectivity index (χ3v) is 3.12. The molecule has 1 heterocycles. The van der Waals surface area contributed by atoms with Crippen molar-refractivity contribution in [1.82, 2.24) is 4.98 Å². The van der Waals surface area contributed by atoms with Crippen LogP contribution in [-0.2, 0) is 0 Å². The van der Waals surface area contributed by atoms with E-state index in [0.717, 1.165) is 0 Å². The number of hydrogen-bond donors (Lipinski definition) is 1. The zero-order chi connectivity index (χ0) is 16.1. The molecule has 0 aliphatic carbocycles. The number of carbonyl (C=O) groups is 1. The van der Waals surface area contributed by atoms with Gasteiger partial charge in [-0.2, -0.15) is 0 Å². The third kappa shape index (κ3) is 3.40. The van der Waals surface area contributed by atoms with Gasteiger partial charge in [0, 0.05) is 17.4 Å². The molecule has 0 aliphatic rings. The zero-order valence-corrected chi connectivity index (χ0v) is 13.1. The Morgan fingerprint density at radius 3 is 2.23 bits per heavy atom. The van der Waals surface area contributed by atoms with Gasteiger partial charge in [0.15, 0.2) is 11.5 Å². The summed E-state index contributed by atoms with van der Waals surface area (Å²) in [5.41, 5.74) is 0.904. The average molecular weight is 323 g/mol. The number of benzene rings is 1. The fraction of sp³-hybridized carbons (Fsp3) is 0.200. The standard InChI is InChI=1S/C15H15ClN2O4/c1-20-11-6-9(7-12(21-2)14(11)22-3)15(19)18-10-4-5-17-13(16)8-10/h4-8H,1-3H3,(H,17,18,19). The van der Waals surface area contributed by atoms with Crippen molar-refractivity contribution < 1.29 is 19.0 Å². The molecule has 7 heteroatoms. The van der Waals surface area contributed by atoms with Crippen LogP contribution < -0.4 is 19.5 Å². The van der Waals surface area contributed by atoms with Gasteiger partial charge in [-0.05, 0) is 24.3 Å². The number of nitrogens with one attached hydrogen (secondary N) is 1. The Balaban J connectivity index is 2.33.